The first-order chi connectivity index (χ1) is 4.43. The van der Waals surface area contributed by atoms with Crippen molar-refractivity contribution in [2.24, 2.45) is 0 Å². The Morgan fingerprint density at radius 3 is 2.20 bits per heavy atom. The monoisotopic (exact) mass is 134 g/mol. The normalized spacial score (nSPS) is 8.00. The maximum Gasteiger partial charge on any atom is 0.0119 e. The van der Waals surface area contributed by atoms with Gasteiger partial charge >= 0.3 is 0 Å². The van der Waals surface area contributed by atoms with Crippen molar-refractivity contribution in [1.29, 1.82) is 0 Å². The molecule has 1 aromatic carbocycles. The molecule has 1 aromatic rings. The molecule has 3 N–H and O–H groups in total. The minimum Gasteiger partial charge on any atom is -0.344 e. The molecule has 0 amide bonds. The van der Waals surface area contributed by atoms with Crippen LogP contribution in [0.2, 0.25) is 0 Å². The average molecular weight is 134 g/mol. The summed E-state index contributed by atoms with van der Waals surface area (Å²) < 4.78 is 0. The number of benzene rings is 1. The smallest absolute Gasteiger partial charge is 0.0119 e. The maximum atomic E-state index is 3.60. The zero-order valence-electron chi connectivity index (χ0n) is 5.96. The summed E-state index contributed by atoms with van der Waals surface area (Å²) in [6.07, 6.45) is 3.76. The van der Waals surface area contributed by atoms with Gasteiger partial charge in [-0.25, -0.2) is 0 Å². The minimum atomic E-state index is 0. The highest BCUT2D eigenvalue weighted by atomic mass is 14.0. The summed E-state index contributed by atoms with van der Waals surface area (Å²) in [5.74, 6) is 0. The van der Waals surface area contributed by atoms with Crippen LogP contribution in [0.15, 0.2) is 43.0 Å². The second-order valence-corrected chi connectivity index (χ2v) is 1.81. The van der Waals surface area contributed by atoms with Crippen molar-refractivity contribution in [1.82, 2.24) is 6.15 Å². The summed E-state index contributed by atoms with van der Waals surface area (Å²) in [5.41, 5.74) is 1.20. The molecule has 0 bridgehead atoms. The van der Waals surface area contributed by atoms with Gasteiger partial charge in [-0.2, -0.15) is 0 Å². The average Bonchev–Trinajstić information content (AvgIpc) is 1.91. The minimum absolute atomic E-state index is 0. The van der Waals surface area contributed by atoms with Gasteiger partial charge in [0.1, 0.15) is 0 Å². The third kappa shape index (κ3) is 2.46. The molecule has 0 spiro atoms. The van der Waals surface area contributed by atoms with Crippen LogP contribution in [-0.2, 0) is 0 Å². The summed E-state index contributed by atoms with van der Waals surface area (Å²) in [6, 6.07) is 10.1. The Hall–Kier alpha value is -1.08. The number of allylic oxidation sites excluding steroid dienone is 1. The first-order valence-electron chi connectivity index (χ1n) is 2.94. The third-order valence-electron chi connectivity index (χ3n) is 1.11. The zero-order valence-corrected chi connectivity index (χ0v) is 5.96. The van der Waals surface area contributed by atoms with Crippen LogP contribution in [0.1, 0.15) is 5.56 Å². The summed E-state index contributed by atoms with van der Waals surface area (Å²) in [4.78, 5) is 0. The molecule has 0 atom stereocenters. The predicted octanol–water partition coefficient (Wildman–Crippen LogP) is 2.59. The molecule has 53 valence electrons. The van der Waals surface area contributed by atoms with Gasteiger partial charge in [0.25, 0.3) is 0 Å². The zero-order chi connectivity index (χ0) is 6.53. The summed E-state index contributed by atoms with van der Waals surface area (Å²) in [7, 11) is 0. The molecule has 0 fully saturated rings. The molecule has 0 aliphatic rings. The van der Waals surface area contributed by atoms with E-state index in [-0.39, 0.29) is 6.15 Å². The molecule has 1 radical (unpaired) electrons. The van der Waals surface area contributed by atoms with Crippen LogP contribution >= 0.6 is 0 Å². The molecule has 0 heterocycles. The van der Waals surface area contributed by atoms with Gasteiger partial charge in [-0.05, 0) is 5.56 Å². The lowest BCUT2D eigenvalue weighted by molar-refractivity contribution is 1.53. The van der Waals surface area contributed by atoms with Gasteiger partial charge < -0.3 is 6.15 Å². The number of rotatable bonds is 2. The van der Waals surface area contributed by atoms with Crippen molar-refractivity contribution in [2.75, 3.05) is 0 Å². The number of hydrogen-bond acceptors (Lipinski definition) is 1. The summed E-state index contributed by atoms with van der Waals surface area (Å²) >= 11 is 0. The second kappa shape index (κ2) is 4.77. The van der Waals surface area contributed by atoms with Crippen molar-refractivity contribution in [3.63, 3.8) is 0 Å². The van der Waals surface area contributed by atoms with Crippen LogP contribution in [-0.4, -0.2) is 0 Å². The Bertz CT molecular complexity index is 179. The SMILES string of the molecule is C=C[CH]c1ccccc1.N. The summed E-state index contributed by atoms with van der Waals surface area (Å²) in [5, 5.41) is 0. The topological polar surface area (TPSA) is 35.0 Å². The molecule has 0 unspecified atom stereocenters. The van der Waals surface area contributed by atoms with E-state index in [1.165, 1.54) is 5.56 Å². The van der Waals surface area contributed by atoms with Crippen molar-refractivity contribution in [3.8, 4) is 0 Å². The summed E-state index contributed by atoms with van der Waals surface area (Å²) in [6.45, 7) is 3.60. The van der Waals surface area contributed by atoms with Crippen LogP contribution in [0.3, 0.4) is 0 Å². The quantitative estimate of drug-likeness (QED) is 0.662. The van der Waals surface area contributed by atoms with Crippen LogP contribution in [0, 0.1) is 6.42 Å². The second-order valence-electron chi connectivity index (χ2n) is 1.81. The fourth-order valence-corrected chi connectivity index (χ4v) is 0.700. The predicted molar refractivity (Wildman–Crippen MR) is 45.1 cm³/mol. The van der Waals surface area contributed by atoms with Gasteiger partial charge in [0.05, 0.1) is 0 Å². The molecule has 0 aromatic heterocycles. The van der Waals surface area contributed by atoms with Gasteiger partial charge in [0, 0.05) is 6.42 Å². The van der Waals surface area contributed by atoms with Gasteiger partial charge in [0.15, 0.2) is 0 Å². The number of hydrogen-bond donors (Lipinski definition) is 1. The van der Waals surface area contributed by atoms with E-state index in [4.69, 9.17) is 0 Å². The lowest BCUT2D eigenvalue weighted by Crippen LogP contribution is -1.72. The largest absolute Gasteiger partial charge is 0.344 e. The van der Waals surface area contributed by atoms with E-state index in [1.54, 1.807) is 6.08 Å². The van der Waals surface area contributed by atoms with E-state index >= 15 is 0 Å². The van der Waals surface area contributed by atoms with Gasteiger partial charge in [-0.15, -0.1) is 6.58 Å². The van der Waals surface area contributed by atoms with Crippen LogP contribution in [0.25, 0.3) is 0 Å². The molecule has 10 heavy (non-hydrogen) atoms. The van der Waals surface area contributed by atoms with E-state index in [9.17, 15) is 0 Å². The fraction of sp³-hybridized carbons (Fsp3) is 0. The van der Waals surface area contributed by atoms with Gasteiger partial charge in [-0.1, -0.05) is 36.4 Å². The molecule has 1 rings (SSSR count). The Labute approximate surface area is 62.0 Å². The standard InChI is InChI=1S/C9H9.H3N/c1-2-6-9-7-4-3-5-8-9;/h2-8H,1H2;1H3. The van der Waals surface area contributed by atoms with Crippen molar-refractivity contribution in [3.05, 3.63) is 55.0 Å². The van der Waals surface area contributed by atoms with E-state index in [0.717, 1.165) is 0 Å². The molecule has 1 nitrogen and oxygen atoms in total. The lowest BCUT2D eigenvalue weighted by atomic mass is 10.2. The first kappa shape index (κ1) is 8.92. The molecular formula is C9H12N. The van der Waals surface area contributed by atoms with Crippen molar-refractivity contribution in [2.45, 2.75) is 0 Å². The Balaban J connectivity index is 0.000000810. The first-order valence-corrected chi connectivity index (χ1v) is 2.94. The van der Waals surface area contributed by atoms with Crippen LogP contribution < -0.4 is 6.15 Å². The van der Waals surface area contributed by atoms with Crippen molar-refractivity contribution < 1.29 is 0 Å². The third-order valence-corrected chi connectivity index (χ3v) is 1.11. The van der Waals surface area contributed by atoms with E-state index < -0.39 is 0 Å². The molecule has 0 aliphatic heterocycles. The highest BCUT2D eigenvalue weighted by Gasteiger charge is 1.82. The maximum absolute atomic E-state index is 3.60. The van der Waals surface area contributed by atoms with Crippen LogP contribution in [0.4, 0.5) is 0 Å². The van der Waals surface area contributed by atoms with Gasteiger partial charge in [0.2, 0.25) is 0 Å². The van der Waals surface area contributed by atoms with E-state index in [2.05, 4.69) is 6.58 Å². The molecular weight excluding hydrogens is 122 g/mol. The Morgan fingerprint density at radius 1 is 1.10 bits per heavy atom. The Kier molecular flexibility index (Phi) is 4.25. The lowest BCUT2D eigenvalue weighted by Gasteiger charge is -1.90. The fourth-order valence-electron chi connectivity index (χ4n) is 0.700. The molecule has 1 heteroatoms. The molecule has 0 saturated carbocycles. The van der Waals surface area contributed by atoms with E-state index in [0.29, 0.717) is 0 Å². The Morgan fingerprint density at radius 2 is 1.70 bits per heavy atom. The van der Waals surface area contributed by atoms with Crippen LogP contribution in [0.5, 0.6) is 0 Å². The van der Waals surface area contributed by atoms with Gasteiger partial charge in [-0.3, -0.25) is 0 Å². The highest BCUT2D eigenvalue weighted by Crippen LogP contribution is 2.00. The molecule has 0 aliphatic carbocycles. The highest BCUT2D eigenvalue weighted by molar-refractivity contribution is 5.26. The molecule has 0 saturated heterocycles. The van der Waals surface area contributed by atoms with Crippen molar-refractivity contribution >= 4 is 0 Å². The van der Waals surface area contributed by atoms with E-state index in [1.807, 2.05) is 36.8 Å².